The normalized spacial score (nSPS) is 13.4. The molecule has 2 aromatic rings. The van der Waals surface area contributed by atoms with Crippen LogP contribution in [0.3, 0.4) is 0 Å². The fourth-order valence-corrected chi connectivity index (χ4v) is 4.02. The molecule has 1 aliphatic rings. The maximum absolute atomic E-state index is 12.3. The fraction of sp³-hybridized carbons (Fsp3) is 0.294. The minimum absolute atomic E-state index is 0.0318. The zero-order valence-electron chi connectivity index (χ0n) is 13.9. The van der Waals surface area contributed by atoms with E-state index in [1.54, 1.807) is 0 Å². The highest BCUT2D eigenvalue weighted by atomic mass is 32.1. The number of hydrogen-bond donors (Lipinski definition) is 3. The predicted molar refractivity (Wildman–Crippen MR) is 98.0 cm³/mol. The molecule has 0 aliphatic heterocycles. The number of aryl methyl sites for hydroxylation is 2. The Morgan fingerprint density at radius 1 is 1.08 bits per heavy atom. The number of rotatable bonds is 3. The first-order chi connectivity index (χ1) is 12.5. The number of nitro groups is 1. The summed E-state index contributed by atoms with van der Waals surface area (Å²) < 4.78 is 0. The van der Waals surface area contributed by atoms with E-state index in [9.17, 15) is 19.7 Å². The van der Waals surface area contributed by atoms with Crippen LogP contribution in [0.15, 0.2) is 24.3 Å². The van der Waals surface area contributed by atoms with Gasteiger partial charge in [-0.2, -0.15) is 0 Å². The van der Waals surface area contributed by atoms with Crippen molar-refractivity contribution in [2.24, 2.45) is 0 Å². The molecule has 26 heavy (non-hydrogen) atoms. The van der Waals surface area contributed by atoms with E-state index in [1.807, 2.05) is 6.07 Å². The van der Waals surface area contributed by atoms with Crippen molar-refractivity contribution < 1.29 is 14.5 Å². The van der Waals surface area contributed by atoms with Crippen LogP contribution in [0.25, 0.3) is 0 Å². The van der Waals surface area contributed by atoms with Crippen molar-refractivity contribution in [2.45, 2.75) is 32.1 Å². The van der Waals surface area contributed by atoms with Crippen molar-refractivity contribution in [3.8, 4) is 0 Å². The number of fused-ring (bicyclic) bond motifs is 1. The summed E-state index contributed by atoms with van der Waals surface area (Å²) >= 11 is 1.44. The molecule has 1 aromatic carbocycles. The smallest absolute Gasteiger partial charge is 0.292 e. The van der Waals surface area contributed by atoms with Gasteiger partial charge in [0.25, 0.3) is 17.5 Å². The highest BCUT2D eigenvalue weighted by Gasteiger charge is 2.18. The van der Waals surface area contributed by atoms with E-state index in [-0.39, 0.29) is 16.9 Å². The molecule has 0 spiro atoms. The molecule has 8 nitrogen and oxygen atoms in total. The summed E-state index contributed by atoms with van der Waals surface area (Å²) in [6, 6.07) is 5.59. The number of thiophene rings is 1. The number of hydrazine groups is 1. The number of carbonyl (C=O) groups excluding carboxylic acids is 2. The van der Waals surface area contributed by atoms with Gasteiger partial charge in [0.15, 0.2) is 0 Å². The molecule has 0 saturated carbocycles. The standard InChI is InChI=1S/C17H18N4O4S/c18-12-7-6-11(8-13(12)21(24)25)16(22)19-20-17(23)15-9-10-4-2-1-3-5-14(10)26-15/h6-9H,1-5,18H2,(H,19,22)(H,20,23). The highest BCUT2D eigenvalue weighted by molar-refractivity contribution is 7.14. The largest absolute Gasteiger partial charge is 0.393 e. The van der Waals surface area contributed by atoms with Gasteiger partial charge >= 0.3 is 0 Å². The number of carbonyl (C=O) groups is 2. The zero-order valence-corrected chi connectivity index (χ0v) is 14.7. The maximum Gasteiger partial charge on any atom is 0.292 e. The molecular weight excluding hydrogens is 356 g/mol. The summed E-state index contributed by atoms with van der Waals surface area (Å²) in [6.07, 6.45) is 5.40. The first kappa shape index (κ1) is 17.9. The van der Waals surface area contributed by atoms with Gasteiger partial charge < -0.3 is 5.73 Å². The molecular formula is C17H18N4O4S. The first-order valence-electron chi connectivity index (χ1n) is 8.22. The van der Waals surface area contributed by atoms with Crippen LogP contribution in [-0.2, 0) is 12.8 Å². The number of nitrogens with two attached hydrogens (primary N) is 1. The lowest BCUT2D eigenvalue weighted by molar-refractivity contribution is -0.383. The second-order valence-corrected chi connectivity index (χ2v) is 7.20. The average Bonchev–Trinajstić information content (AvgIpc) is 2.90. The van der Waals surface area contributed by atoms with Crippen LogP contribution < -0.4 is 16.6 Å². The Kier molecular flexibility index (Phi) is 5.17. The van der Waals surface area contributed by atoms with Crippen molar-refractivity contribution in [2.75, 3.05) is 5.73 Å². The highest BCUT2D eigenvalue weighted by Crippen LogP contribution is 2.28. The monoisotopic (exact) mass is 374 g/mol. The summed E-state index contributed by atoms with van der Waals surface area (Å²) in [4.78, 5) is 36.4. The summed E-state index contributed by atoms with van der Waals surface area (Å²) in [7, 11) is 0. The number of nitro benzene ring substituents is 1. The Labute approximate surface area is 153 Å². The van der Waals surface area contributed by atoms with Crippen molar-refractivity contribution in [1.29, 1.82) is 0 Å². The minimum Gasteiger partial charge on any atom is -0.393 e. The third kappa shape index (κ3) is 3.83. The number of benzene rings is 1. The van der Waals surface area contributed by atoms with Gasteiger partial charge in [-0.3, -0.25) is 30.6 Å². The van der Waals surface area contributed by atoms with Gasteiger partial charge in [0.05, 0.1) is 9.80 Å². The van der Waals surface area contributed by atoms with Crippen molar-refractivity contribution in [3.63, 3.8) is 0 Å². The Morgan fingerprint density at radius 2 is 1.81 bits per heavy atom. The van der Waals surface area contributed by atoms with Crippen LogP contribution >= 0.6 is 11.3 Å². The van der Waals surface area contributed by atoms with Gasteiger partial charge in [0, 0.05) is 16.5 Å². The predicted octanol–water partition coefficient (Wildman–Crippen LogP) is 2.58. The number of amides is 2. The van der Waals surface area contributed by atoms with Gasteiger partial charge in [0.1, 0.15) is 5.69 Å². The number of anilines is 1. The number of hydrogen-bond acceptors (Lipinski definition) is 6. The lowest BCUT2D eigenvalue weighted by atomic mass is 10.1. The molecule has 0 radical (unpaired) electrons. The summed E-state index contributed by atoms with van der Waals surface area (Å²) in [5, 5.41) is 10.9. The Morgan fingerprint density at radius 3 is 2.58 bits per heavy atom. The van der Waals surface area contributed by atoms with Crippen LogP contribution in [0, 0.1) is 10.1 Å². The van der Waals surface area contributed by atoms with E-state index in [1.165, 1.54) is 40.3 Å². The van der Waals surface area contributed by atoms with Gasteiger partial charge in [-0.25, -0.2) is 0 Å². The van der Waals surface area contributed by atoms with E-state index >= 15 is 0 Å². The lowest BCUT2D eigenvalue weighted by Gasteiger charge is -2.07. The lowest BCUT2D eigenvalue weighted by Crippen LogP contribution is -2.41. The van der Waals surface area contributed by atoms with Gasteiger partial charge in [-0.1, -0.05) is 6.42 Å². The van der Waals surface area contributed by atoms with Gasteiger partial charge in [-0.05, 0) is 49.4 Å². The first-order valence-corrected chi connectivity index (χ1v) is 9.03. The second-order valence-electron chi connectivity index (χ2n) is 6.06. The molecule has 0 atom stereocenters. The van der Waals surface area contributed by atoms with Crippen molar-refractivity contribution in [1.82, 2.24) is 10.9 Å². The van der Waals surface area contributed by atoms with Gasteiger partial charge in [0.2, 0.25) is 0 Å². The quantitative estimate of drug-likeness (QED) is 0.329. The van der Waals surface area contributed by atoms with Crippen LogP contribution in [0.5, 0.6) is 0 Å². The molecule has 1 aromatic heterocycles. The zero-order chi connectivity index (χ0) is 18.7. The van der Waals surface area contributed by atoms with E-state index in [0.29, 0.717) is 4.88 Å². The summed E-state index contributed by atoms with van der Waals surface area (Å²) in [5.41, 5.74) is 11.0. The molecule has 0 fully saturated rings. The summed E-state index contributed by atoms with van der Waals surface area (Å²) in [6.45, 7) is 0. The number of nitrogen functional groups attached to an aromatic ring is 1. The van der Waals surface area contributed by atoms with Crippen LogP contribution in [0.4, 0.5) is 11.4 Å². The van der Waals surface area contributed by atoms with E-state index in [0.717, 1.165) is 31.7 Å². The molecule has 0 bridgehead atoms. The molecule has 0 saturated heterocycles. The number of nitrogens with zero attached hydrogens (tertiary/aromatic N) is 1. The van der Waals surface area contributed by atoms with Crippen LogP contribution in [-0.4, -0.2) is 16.7 Å². The SMILES string of the molecule is Nc1ccc(C(=O)NNC(=O)c2cc3c(s2)CCCCC3)cc1[N+](=O)[O-]. The van der Waals surface area contributed by atoms with Crippen molar-refractivity contribution >= 4 is 34.5 Å². The fourth-order valence-electron chi connectivity index (χ4n) is 2.87. The molecule has 4 N–H and O–H groups in total. The topological polar surface area (TPSA) is 127 Å². The molecule has 1 aliphatic carbocycles. The van der Waals surface area contributed by atoms with Crippen molar-refractivity contribution in [3.05, 3.63) is 55.3 Å². The van der Waals surface area contributed by atoms with Gasteiger partial charge in [-0.15, -0.1) is 11.3 Å². The molecule has 2 amide bonds. The summed E-state index contributed by atoms with van der Waals surface area (Å²) in [5.74, 6) is -1.05. The second kappa shape index (κ2) is 7.52. The Hall–Kier alpha value is -2.94. The molecule has 9 heteroatoms. The van der Waals surface area contributed by atoms with E-state index in [2.05, 4.69) is 10.9 Å². The number of nitrogens with one attached hydrogen (secondary N) is 2. The Balaban J connectivity index is 1.65. The molecule has 136 valence electrons. The molecule has 0 unspecified atom stereocenters. The minimum atomic E-state index is -0.663. The molecule has 3 rings (SSSR count). The Bertz CT molecular complexity index is 854. The third-order valence-corrected chi connectivity index (χ3v) is 5.49. The average molecular weight is 374 g/mol. The van der Waals surface area contributed by atoms with E-state index in [4.69, 9.17) is 5.73 Å². The maximum atomic E-state index is 12.3. The third-order valence-electron chi connectivity index (χ3n) is 4.25. The van der Waals surface area contributed by atoms with Crippen LogP contribution in [0.2, 0.25) is 0 Å². The van der Waals surface area contributed by atoms with E-state index < -0.39 is 16.7 Å². The molecule has 1 heterocycles. The van der Waals surface area contributed by atoms with Crippen LogP contribution in [0.1, 0.15) is 49.7 Å².